The van der Waals surface area contributed by atoms with Crippen LogP contribution in [0, 0.1) is 0 Å². The molecular weight excluding hydrogens is 184 g/mol. The van der Waals surface area contributed by atoms with Gasteiger partial charge in [0, 0.05) is 0 Å². The van der Waals surface area contributed by atoms with E-state index in [2.05, 4.69) is 0 Å². The molecule has 0 saturated carbocycles. The molecular formula is C10H8O4. The average molecular weight is 192 g/mol. The van der Waals surface area contributed by atoms with Crippen molar-refractivity contribution in [2.45, 2.75) is 5.92 Å². The predicted molar refractivity (Wildman–Crippen MR) is 47.9 cm³/mol. The standard InChI is InChI=1S/C10H8O4/c11-6-8(12)9(10(13)14)7-4-2-1-3-5-7/h1-6,9H,(H,13,14). The first kappa shape index (κ1) is 10.1. The molecule has 0 radical (unpaired) electrons. The third kappa shape index (κ3) is 2.04. The van der Waals surface area contributed by atoms with E-state index in [0.717, 1.165) is 0 Å². The van der Waals surface area contributed by atoms with Gasteiger partial charge in [0.05, 0.1) is 0 Å². The Morgan fingerprint density at radius 2 is 1.79 bits per heavy atom. The number of carbonyl (C=O) groups is 3. The average Bonchev–Trinajstić information content (AvgIpc) is 2.19. The van der Waals surface area contributed by atoms with Gasteiger partial charge < -0.3 is 5.11 Å². The van der Waals surface area contributed by atoms with Crippen molar-refractivity contribution >= 4 is 18.0 Å². The molecule has 0 fully saturated rings. The molecule has 0 aromatic heterocycles. The zero-order valence-corrected chi connectivity index (χ0v) is 7.21. The Bertz CT molecular complexity index is 356. The quantitative estimate of drug-likeness (QED) is 0.431. The molecule has 0 spiro atoms. The number of ketones is 1. The van der Waals surface area contributed by atoms with Crippen LogP contribution in [0.4, 0.5) is 0 Å². The molecule has 1 N–H and O–H groups in total. The van der Waals surface area contributed by atoms with Crippen LogP contribution in [0.15, 0.2) is 30.3 Å². The van der Waals surface area contributed by atoms with E-state index in [-0.39, 0.29) is 6.29 Å². The van der Waals surface area contributed by atoms with Crippen molar-refractivity contribution in [3.8, 4) is 0 Å². The lowest BCUT2D eigenvalue weighted by Gasteiger charge is -2.06. The molecule has 14 heavy (non-hydrogen) atoms. The molecule has 0 aliphatic rings. The van der Waals surface area contributed by atoms with Gasteiger partial charge in [-0.05, 0) is 5.56 Å². The Morgan fingerprint density at radius 3 is 2.21 bits per heavy atom. The molecule has 0 aliphatic heterocycles. The van der Waals surface area contributed by atoms with Gasteiger partial charge in [-0.25, -0.2) is 0 Å². The molecule has 0 amide bonds. The van der Waals surface area contributed by atoms with Gasteiger partial charge in [0.25, 0.3) is 0 Å². The van der Waals surface area contributed by atoms with Gasteiger partial charge >= 0.3 is 5.97 Å². The molecule has 0 saturated heterocycles. The van der Waals surface area contributed by atoms with Crippen LogP contribution in [-0.2, 0) is 14.4 Å². The fraction of sp³-hybridized carbons (Fsp3) is 0.100. The van der Waals surface area contributed by atoms with Crippen molar-refractivity contribution in [1.82, 2.24) is 0 Å². The predicted octanol–water partition coefficient (Wildman–Crippen LogP) is 0.623. The smallest absolute Gasteiger partial charge is 0.319 e. The van der Waals surface area contributed by atoms with Crippen molar-refractivity contribution in [3.05, 3.63) is 35.9 Å². The number of rotatable bonds is 4. The molecule has 1 atom stereocenters. The Balaban J connectivity index is 3.07. The van der Waals surface area contributed by atoms with E-state index in [0.29, 0.717) is 5.56 Å². The van der Waals surface area contributed by atoms with Crippen LogP contribution < -0.4 is 0 Å². The number of aldehydes is 1. The molecule has 1 rings (SSSR count). The Labute approximate surface area is 80.2 Å². The van der Waals surface area contributed by atoms with Crippen LogP contribution >= 0.6 is 0 Å². The van der Waals surface area contributed by atoms with Gasteiger partial charge in [-0.15, -0.1) is 0 Å². The lowest BCUT2D eigenvalue weighted by molar-refractivity contribution is -0.144. The fourth-order valence-corrected chi connectivity index (χ4v) is 1.14. The highest BCUT2D eigenvalue weighted by atomic mass is 16.4. The van der Waals surface area contributed by atoms with E-state index in [9.17, 15) is 14.4 Å². The Kier molecular flexibility index (Phi) is 3.12. The molecule has 4 heteroatoms. The zero-order valence-electron chi connectivity index (χ0n) is 7.21. The van der Waals surface area contributed by atoms with E-state index in [4.69, 9.17) is 5.11 Å². The van der Waals surface area contributed by atoms with E-state index in [1.165, 1.54) is 12.1 Å². The third-order valence-electron chi connectivity index (χ3n) is 1.78. The first-order valence-electron chi connectivity index (χ1n) is 3.93. The minimum Gasteiger partial charge on any atom is -0.480 e. The monoisotopic (exact) mass is 192 g/mol. The highest BCUT2D eigenvalue weighted by Crippen LogP contribution is 2.15. The minimum absolute atomic E-state index is 0.0335. The number of carbonyl (C=O) groups excluding carboxylic acids is 2. The number of carboxylic acids is 1. The largest absolute Gasteiger partial charge is 0.480 e. The highest BCUT2D eigenvalue weighted by molar-refractivity contribution is 6.32. The number of hydrogen-bond donors (Lipinski definition) is 1. The van der Waals surface area contributed by atoms with E-state index in [1.54, 1.807) is 18.2 Å². The molecule has 72 valence electrons. The maximum absolute atomic E-state index is 11.0. The summed E-state index contributed by atoms with van der Waals surface area (Å²) < 4.78 is 0. The second-order valence-corrected chi connectivity index (χ2v) is 2.70. The van der Waals surface area contributed by atoms with E-state index >= 15 is 0 Å². The van der Waals surface area contributed by atoms with Gasteiger partial charge in [-0.2, -0.15) is 0 Å². The van der Waals surface area contributed by atoms with Gasteiger partial charge in [0.2, 0.25) is 5.78 Å². The van der Waals surface area contributed by atoms with E-state index in [1.807, 2.05) is 0 Å². The minimum atomic E-state index is -1.38. The van der Waals surface area contributed by atoms with E-state index < -0.39 is 17.7 Å². The molecule has 1 unspecified atom stereocenters. The van der Waals surface area contributed by atoms with Crippen LogP contribution in [-0.4, -0.2) is 23.1 Å². The van der Waals surface area contributed by atoms with Gasteiger partial charge in [0.15, 0.2) is 6.29 Å². The van der Waals surface area contributed by atoms with Crippen LogP contribution in [0.3, 0.4) is 0 Å². The lowest BCUT2D eigenvalue weighted by Crippen LogP contribution is -2.22. The molecule has 0 aliphatic carbocycles. The Morgan fingerprint density at radius 1 is 1.21 bits per heavy atom. The number of Topliss-reactive ketones (excluding diaryl/α,β-unsaturated/α-hetero) is 1. The molecule has 1 aromatic rings. The summed E-state index contributed by atoms with van der Waals surface area (Å²) in [5.74, 6) is -3.63. The van der Waals surface area contributed by atoms with Crippen LogP contribution in [0.1, 0.15) is 11.5 Å². The molecule has 4 nitrogen and oxygen atoms in total. The van der Waals surface area contributed by atoms with Crippen molar-refractivity contribution < 1.29 is 19.5 Å². The first-order valence-corrected chi connectivity index (χ1v) is 3.93. The van der Waals surface area contributed by atoms with Crippen molar-refractivity contribution in [2.24, 2.45) is 0 Å². The molecule has 1 aromatic carbocycles. The summed E-state index contributed by atoms with van der Waals surface area (Å²) in [5, 5.41) is 8.75. The third-order valence-corrected chi connectivity index (χ3v) is 1.78. The number of aliphatic carboxylic acids is 1. The molecule has 0 bridgehead atoms. The lowest BCUT2D eigenvalue weighted by atomic mass is 9.96. The second-order valence-electron chi connectivity index (χ2n) is 2.70. The van der Waals surface area contributed by atoms with Crippen LogP contribution in [0.25, 0.3) is 0 Å². The maximum atomic E-state index is 11.0. The summed E-state index contributed by atoms with van der Waals surface area (Å²) in [7, 11) is 0. The Hall–Kier alpha value is -1.97. The topological polar surface area (TPSA) is 71.4 Å². The summed E-state index contributed by atoms with van der Waals surface area (Å²) >= 11 is 0. The number of carboxylic acid groups (broad SMARTS) is 1. The molecule has 0 heterocycles. The summed E-state index contributed by atoms with van der Waals surface area (Å²) in [6, 6.07) is 7.93. The summed E-state index contributed by atoms with van der Waals surface area (Å²) in [4.78, 5) is 31.9. The van der Waals surface area contributed by atoms with Crippen LogP contribution in [0.2, 0.25) is 0 Å². The van der Waals surface area contributed by atoms with Gasteiger partial charge in [-0.1, -0.05) is 30.3 Å². The maximum Gasteiger partial charge on any atom is 0.319 e. The fourth-order valence-electron chi connectivity index (χ4n) is 1.14. The summed E-state index contributed by atoms with van der Waals surface area (Å²) in [6.07, 6.45) is 0.0335. The second kappa shape index (κ2) is 4.32. The van der Waals surface area contributed by atoms with Gasteiger partial charge in [0.1, 0.15) is 5.92 Å². The van der Waals surface area contributed by atoms with Gasteiger partial charge in [-0.3, -0.25) is 14.4 Å². The van der Waals surface area contributed by atoms with Crippen molar-refractivity contribution in [1.29, 1.82) is 0 Å². The van der Waals surface area contributed by atoms with Crippen LogP contribution in [0.5, 0.6) is 0 Å². The zero-order chi connectivity index (χ0) is 10.6. The summed E-state index contributed by atoms with van der Waals surface area (Å²) in [6.45, 7) is 0. The highest BCUT2D eigenvalue weighted by Gasteiger charge is 2.27. The number of benzene rings is 1. The van der Waals surface area contributed by atoms with Crippen molar-refractivity contribution in [3.63, 3.8) is 0 Å². The first-order chi connectivity index (χ1) is 6.66. The van der Waals surface area contributed by atoms with Crippen molar-refractivity contribution in [2.75, 3.05) is 0 Å². The normalized spacial score (nSPS) is 11.7. The number of hydrogen-bond acceptors (Lipinski definition) is 3. The summed E-state index contributed by atoms with van der Waals surface area (Å²) in [5.41, 5.74) is 0.317. The SMILES string of the molecule is O=CC(=O)C(C(=O)O)c1ccccc1.